The Bertz CT molecular complexity index is 1870. The van der Waals surface area contributed by atoms with Crippen LogP contribution in [0.3, 0.4) is 0 Å². The standard InChI is InChI=1S/C45H56F8O11/c46-39(47)20-61-44(62-21-40(39,48)49)30-6-26-7-31(44)13-36(9-26,12-30)33(54)57-16-35(18-59-43(60-19-35)28-2-24-1-25(4-28)5-29(43)3-24)17-58-34(55)37-10-27-8-32(14-37)45(38(56,11-27)15-37)63-22-41(50,51)42(52,53)23-64-45/h24-32,56H,1-23H2. The highest BCUT2D eigenvalue weighted by Gasteiger charge is 2.77. The Morgan fingerprint density at radius 2 is 0.859 bits per heavy atom. The average molecular weight is 925 g/mol. The fourth-order valence-corrected chi connectivity index (χ4v) is 16.6. The third-order valence-corrected chi connectivity index (χ3v) is 19.0. The first-order chi connectivity index (χ1) is 30.0. The largest absolute Gasteiger partial charge is 0.464 e. The molecule has 1 N–H and O–H groups in total. The van der Waals surface area contributed by atoms with E-state index in [1.54, 1.807) is 0 Å². The Kier molecular flexibility index (Phi) is 9.12. The number of hydrogen-bond acceptors (Lipinski definition) is 11. The number of halogens is 8. The molecule has 12 bridgehead atoms. The number of esters is 2. The molecule has 0 radical (unpaired) electrons. The Labute approximate surface area is 364 Å². The van der Waals surface area contributed by atoms with E-state index < -0.39 is 119 Å². The maximum absolute atomic E-state index is 14.5. The minimum absolute atomic E-state index is 0.00352. The lowest BCUT2D eigenvalue weighted by Gasteiger charge is -2.66. The van der Waals surface area contributed by atoms with Gasteiger partial charge in [0.25, 0.3) is 0 Å². The van der Waals surface area contributed by atoms with E-state index in [9.17, 15) is 49.8 Å². The summed E-state index contributed by atoms with van der Waals surface area (Å²) in [5.41, 5.74) is -5.58. The lowest BCUT2D eigenvalue weighted by molar-refractivity contribution is -0.398. The van der Waals surface area contributed by atoms with Gasteiger partial charge in [-0.25, -0.2) is 0 Å². The Morgan fingerprint density at radius 1 is 0.453 bits per heavy atom. The molecule has 12 aliphatic carbocycles. The van der Waals surface area contributed by atoms with Crippen molar-refractivity contribution in [1.29, 1.82) is 0 Å². The van der Waals surface area contributed by atoms with Gasteiger partial charge in [0.05, 0.1) is 29.5 Å². The molecule has 0 aromatic rings. The van der Waals surface area contributed by atoms with Crippen LogP contribution in [0.25, 0.3) is 0 Å². The van der Waals surface area contributed by atoms with Crippen molar-refractivity contribution >= 4 is 11.9 Å². The number of carbonyl (C=O) groups is 2. The second kappa shape index (κ2) is 13.4. The summed E-state index contributed by atoms with van der Waals surface area (Å²) in [6.45, 7) is -6.84. The van der Waals surface area contributed by atoms with Crippen LogP contribution in [0.15, 0.2) is 0 Å². The van der Waals surface area contributed by atoms with Gasteiger partial charge in [-0.2, -0.15) is 35.1 Å². The van der Waals surface area contributed by atoms with Gasteiger partial charge in [-0.1, -0.05) is 0 Å². The van der Waals surface area contributed by atoms with Gasteiger partial charge < -0.3 is 43.0 Å². The van der Waals surface area contributed by atoms with Crippen LogP contribution in [0, 0.1) is 69.5 Å². The molecule has 15 fully saturated rings. The van der Waals surface area contributed by atoms with E-state index in [4.69, 9.17) is 37.9 Å². The predicted octanol–water partition coefficient (Wildman–Crippen LogP) is 7.05. The van der Waals surface area contributed by atoms with Gasteiger partial charge in [-0.15, -0.1) is 0 Å². The van der Waals surface area contributed by atoms with Crippen LogP contribution in [-0.2, 0) is 47.5 Å². The summed E-state index contributed by atoms with van der Waals surface area (Å²) in [5, 5.41) is 12.1. The van der Waals surface area contributed by atoms with Gasteiger partial charge in [0.1, 0.15) is 45.2 Å². The van der Waals surface area contributed by atoms with Crippen LogP contribution in [0.2, 0.25) is 0 Å². The van der Waals surface area contributed by atoms with Gasteiger partial charge >= 0.3 is 35.6 Å². The first-order valence-electron chi connectivity index (χ1n) is 23.4. The summed E-state index contributed by atoms with van der Waals surface area (Å²) >= 11 is 0. The zero-order valence-corrected chi connectivity index (χ0v) is 35.5. The van der Waals surface area contributed by atoms with Crippen molar-refractivity contribution in [2.24, 2.45) is 69.5 Å². The molecular weight excluding hydrogens is 868 g/mol. The summed E-state index contributed by atoms with van der Waals surface area (Å²) in [4.78, 5) is 29.0. The Morgan fingerprint density at radius 3 is 1.38 bits per heavy atom. The van der Waals surface area contributed by atoms with Crippen LogP contribution in [0.4, 0.5) is 35.1 Å². The molecule has 6 atom stereocenters. The van der Waals surface area contributed by atoms with Gasteiger partial charge in [0, 0.05) is 29.6 Å². The maximum atomic E-state index is 14.5. The summed E-state index contributed by atoms with van der Waals surface area (Å²) in [5.74, 6) is -24.5. The topological polar surface area (TPSA) is 128 Å². The number of ether oxygens (including phenoxy) is 8. The number of alkyl halides is 8. The molecule has 6 unspecified atom stereocenters. The number of aliphatic hydroxyl groups is 1. The molecule has 15 rings (SSSR count). The van der Waals surface area contributed by atoms with E-state index in [-0.39, 0.29) is 82.2 Å². The minimum atomic E-state index is -4.54. The molecule has 0 aromatic carbocycles. The van der Waals surface area contributed by atoms with Crippen LogP contribution in [-0.4, -0.2) is 117 Å². The number of carbonyl (C=O) groups excluding carboxylic acids is 2. The van der Waals surface area contributed by atoms with Gasteiger partial charge in [0.2, 0.25) is 5.79 Å². The molecule has 0 amide bonds. The van der Waals surface area contributed by atoms with E-state index in [0.717, 1.165) is 25.7 Å². The smallest absolute Gasteiger partial charge is 0.335 e. The first-order valence-corrected chi connectivity index (χ1v) is 23.4. The van der Waals surface area contributed by atoms with E-state index >= 15 is 0 Å². The molecule has 3 spiro atoms. The molecule has 11 nitrogen and oxygen atoms in total. The van der Waals surface area contributed by atoms with Crippen LogP contribution >= 0.6 is 0 Å². The SMILES string of the molecule is O=C(OCC1(COC(=O)C23CC4CC(C2)C2(OCC(F)(F)C(F)(F)CO2)C(O)(C4)C3)COC2(OC1)C1CC3CC(C1)CC2C3)C12CC3CC(C1)C1(OCC(F)(F)C(F)(F)CO1)C(C3)C2. The fourth-order valence-electron chi connectivity index (χ4n) is 16.6. The van der Waals surface area contributed by atoms with Crippen molar-refractivity contribution < 1.29 is 87.7 Å². The van der Waals surface area contributed by atoms with E-state index in [0.29, 0.717) is 43.9 Å². The monoisotopic (exact) mass is 924 g/mol. The molecule has 0 aromatic heterocycles. The maximum Gasteiger partial charge on any atom is 0.335 e. The van der Waals surface area contributed by atoms with Crippen molar-refractivity contribution in [3.63, 3.8) is 0 Å². The minimum Gasteiger partial charge on any atom is -0.464 e. The number of rotatable bonds is 6. The summed E-state index contributed by atoms with van der Waals surface area (Å²) in [6.07, 6.45) is 7.11. The quantitative estimate of drug-likeness (QED) is 0.218. The van der Waals surface area contributed by atoms with Crippen molar-refractivity contribution in [3.8, 4) is 0 Å². The van der Waals surface area contributed by atoms with Crippen LogP contribution in [0.5, 0.6) is 0 Å². The van der Waals surface area contributed by atoms with Gasteiger partial charge in [0.15, 0.2) is 11.6 Å². The van der Waals surface area contributed by atoms with Crippen molar-refractivity contribution in [1.82, 2.24) is 0 Å². The van der Waals surface area contributed by atoms with Crippen molar-refractivity contribution in [3.05, 3.63) is 0 Å². The highest BCUT2D eigenvalue weighted by molar-refractivity contribution is 5.78. The van der Waals surface area contributed by atoms with Gasteiger partial charge in [-0.3, -0.25) is 9.59 Å². The Hall–Kier alpha value is -1.90. The summed E-state index contributed by atoms with van der Waals surface area (Å²) in [7, 11) is 0. The second-order valence-electron chi connectivity index (χ2n) is 23.1. The summed E-state index contributed by atoms with van der Waals surface area (Å²) < 4.78 is 164. The fraction of sp³-hybridized carbons (Fsp3) is 0.956. The average Bonchev–Trinajstić information content (AvgIpc) is 3.38. The molecule has 12 saturated carbocycles. The highest BCUT2D eigenvalue weighted by atomic mass is 19.3. The molecule has 3 saturated heterocycles. The normalized spacial score (nSPS) is 51.0. The van der Waals surface area contributed by atoms with Gasteiger partial charge in [-0.05, 0) is 120 Å². The molecule has 358 valence electrons. The Balaban J connectivity index is 0.778. The van der Waals surface area contributed by atoms with Crippen molar-refractivity contribution in [2.75, 3.05) is 52.9 Å². The van der Waals surface area contributed by atoms with Crippen molar-refractivity contribution in [2.45, 2.75) is 143 Å². The predicted molar refractivity (Wildman–Crippen MR) is 199 cm³/mol. The number of hydrogen-bond donors (Lipinski definition) is 1. The molecule has 3 aliphatic heterocycles. The molecule has 3 heterocycles. The highest BCUT2D eigenvalue weighted by Crippen LogP contribution is 2.69. The lowest BCUT2D eigenvalue weighted by atomic mass is 9.45. The lowest BCUT2D eigenvalue weighted by Crippen LogP contribution is -2.74. The van der Waals surface area contributed by atoms with Crippen LogP contribution < -0.4 is 0 Å². The molecule has 15 aliphatic rings. The third-order valence-electron chi connectivity index (χ3n) is 19.0. The summed E-state index contributed by atoms with van der Waals surface area (Å²) in [6, 6.07) is 0. The third kappa shape index (κ3) is 5.87. The van der Waals surface area contributed by atoms with E-state index in [1.165, 1.54) is 6.42 Å². The van der Waals surface area contributed by atoms with Crippen LogP contribution in [0.1, 0.15) is 96.3 Å². The molecule has 19 heteroatoms. The van der Waals surface area contributed by atoms with E-state index in [1.807, 2.05) is 0 Å². The first kappa shape index (κ1) is 43.4. The molecule has 64 heavy (non-hydrogen) atoms. The zero-order chi connectivity index (χ0) is 44.8. The molecular formula is C45H56F8O11. The zero-order valence-electron chi connectivity index (χ0n) is 35.5. The van der Waals surface area contributed by atoms with E-state index in [2.05, 4.69) is 0 Å². The second-order valence-corrected chi connectivity index (χ2v) is 23.1.